The van der Waals surface area contributed by atoms with Gasteiger partial charge in [0.1, 0.15) is 0 Å². The number of nitrogens with two attached hydrogens (primary N) is 1. The van der Waals surface area contributed by atoms with E-state index in [0.29, 0.717) is 12.2 Å². The maximum Gasteiger partial charge on any atom is 0.338 e. The fourth-order valence-electron chi connectivity index (χ4n) is 2.21. The third-order valence-electron chi connectivity index (χ3n) is 3.11. The first-order chi connectivity index (χ1) is 8.68. The molecule has 1 aliphatic rings. The molecule has 0 amide bonds. The van der Waals surface area contributed by atoms with Crippen LogP contribution in [-0.2, 0) is 6.54 Å². The number of aromatic carboxylic acids is 1. The van der Waals surface area contributed by atoms with Gasteiger partial charge < -0.3 is 10.8 Å². The Bertz CT molecular complexity index is 429. The van der Waals surface area contributed by atoms with Crippen LogP contribution < -0.4 is 5.73 Å². The number of hydrogen-bond donors (Lipinski definition) is 2. The summed E-state index contributed by atoms with van der Waals surface area (Å²) in [5.41, 5.74) is 7.18. The zero-order chi connectivity index (χ0) is 13.0. The molecule has 1 fully saturated rings. The van der Waals surface area contributed by atoms with E-state index in [1.165, 1.54) is 5.75 Å². The lowest BCUT2D eigenvalue weighted by Crippen LogP contribution is -2.26. The van der Waals surface area contributed by atoms with Gasteiger partial charge in [-0.2, -0.15) is 11.8 Å². The normalized spacial score (nSPS) is 17.3. The van der Waals surface area contributed by atoms with Crippen molar-refractivity contribution < 1.29 is 9.90 Å². The summed E-state index contributed by atoms with van der Waals surface area (Å²) in [6.45, 7) is 2.71. The Morgan fingerprint density at radius 1 is 1.39 bits per heavy atom. The number of nitrogens with zero attached hydrogens (tertiary/aromatic N) is 1. The molecule has 0 spiro atoms. The van der Waals surface area contributed by atoms with Gasteiger partial charge in [-0.15, -0.1) is 0 Å². The van der Waals surface area contributed by atoms with E-state index in [9.17, 15) is 9.90 Å². The van der Waals surface area contributed by atoms with Crippen LogP contribution in [0.4, 0.5) is 5.69 Å². The van der Waals surface area contributed by atoms with E-state index in [2.05, 4.69) is 4.90 Å². The Kier molecular flexibility index (Phi) is 4.49. The van der Waals surface area contributed by atoms with Crippen molar-refractivity contribution >= 4 is 23.4 Å². The summed E-state index contributed by atoms with van der Waals surface area (Å²) in [6, 6.07) is 5.33. The van der Waals surface area contributed by atoms with E-state index >= 15 is 0 Å². The number of carbonyl (C=O) groups is 1. The van der Waals surface area contributed by atoms with Crippen molar-refractivity contribution in [2.45, 2.75) is 13.0 Å². The Hall–Kier alpha value is -1.20. The third kappa shape index (κ3) is 3.17. The quantitative estimate of drug-likeness (QED) is 0.818. The summed E-state index contributed by atoms with van der Waals surface area (Å²) in [6.07, 6.45) is 1.16. The second-order valence-electron chi connectivity index (χ2n) is 4.43. The van der Waals surface area contributed by atoms with Crippen molar-refractivity contribution in [2.24, 2.45) is 0 Å². The minimum atomic E-state index is -0.938. The van der Waals surface area contributed by atoms with Crippen LogP contribution in [0.5, 0.6) is 0 Å². The molecule has 2 rings (SSSR count). The minimum absolute atomic E-state index is 0.259. The Labute approximate surface area is 111 Å². The molecule has 0 unspecified atom stereocenters. The molecule has 0 aromatic heterocycles. The standard InChI is InChI=1S/C13H18N2O2S/c14-11-4-1-3-10(12(11)13(16)17)9-15-5-2-7-18-8-6-15/h1,3-4H,2,5-9,14H2,(H,16,17). The highest BCUT2D eigenvalue weighted by atomic mass is 32.2. The number of anilines is 1. The predicted molar refractivity (Wildman–Crippen MR) is 75.0 cm³/mol. The second kappa shape index (κ2) is 6.11. The lowest BCUT2D eigenvalue weighted by molar-refractivity contribution is 0.0695. The molecule has 1 heterocycles. The van der Waals surface area contributed by atoms with Gasteiger partial charge in [-0.1, -0.05) is 12.1 Å². The molecule has 1 aromatic rings. The van der Waals surface area contributed by atoms with Crippen LogP contribution >= 0.6 is 11.8 Å². The first kappa shape index (κ1) is 13.2. The Morgan fingerprint density at radius 3 is 3.00 bits per heavy atom. The zero-order valence-corrected chi connectivity index (χ0v) is 11.1. The van der Waals surface area contributed by atoms with Gasteiger partial charge in [0.2, 0.25) is 0 Å². The molecule has 1 aromatic carbocycles. The van der Waals surface area contributed by atoms with Crippen LogP contribution in [0.15, 0.2) is 18.2 Å². The third-order valence-corrected chi connectivity index (χ3v) is 4.15. The Balaban J connectivity index is 2.17. The molecule has 18 heavy (non-hydrogen) atoms. The smallest absolute Gasteiger partial charge is 0.338 e. The molecule has 1 aliphatic heterocycles. The molecule has 98 valence electrons. The van der Waals surface area contributed by atoms with Crippen LogP contribution in [-0.4, -0.2) is 40.6 Å². The van der Waals surface area contributed by atoms with Gasteiger partial charge in [0.25, 0.3) is 0 Å². The molecule has 4 nitrogen and oxygen atoms in total. The van der Waals surface area contributed by atoms with Crippen molar-refractivity contribution in [3.8, 4) is 0 Å². The van der Waals surface area contributed by atoms with Gasteiger partial charge in [-0.05, 0) is 30.3 Å². The lowest BCUT2D eigenvalue weighted by atomic mass is 10.0. The predicted octanol–water partition coefficient (Wildman–Crippen LogP) is 1.91. The molecule has 3 N–H and O–H groups in total. The molecule has 0 atom stereocenters. The molecule has 0 bridgehead atoms. The summed E-state index contributed by atoms with van der Waals surface area (Å²) in [5.74, 6) is 1.37. The zero-order valence-electron chi connectivity index (χ0n) is 10.3. The fraction of sp³-hybridized carbons (Fsp3) is 0.462. The first-order valence-corrected chi connectivity index (χ1v) is 7.24. The maximum atomic E-state index is 11.2. The first-order valence-electron chi connectivity index (χ1n) is 6.09. The summed E-state index contributed by atoms with van der Waals surface area (Å²) in [7, 11) is 0. The molecular weight excluding hydrogens is 248 g/mol. The van der Waals surface area contributed by atoms with Gasteiger partial charge in [-0.25, -0.2) is 4.79 Å². The highest BCUT2D eigenvalue weighted by Crippen LogP contribution is 2.20. The Morgan fingerprint density at radius 2 is 2.22 bits per heavy atom. The summed E-state index contributed by atoms with van der Waals surface area (Å²) in [4.78, 5) is 13.6. The van der Waals surface area contributed by atoms with E-state index < -0.39 is 5.97 Å². The lowest BCUT2D eigenvalue weighted by Gasteiger charge is -2.20. The van der Waals surface area contributed by atoms with E-state index in [4.69, 9.17) is 5.73 Å². The van der Waals surface area contributed by atoms with Gasteiger partial charge in [0.05, 0.1) is 5.56 Å². The van der Waals surface area contributed by atoms with E-state index in [0.717, 1.165) is 30.8 Å². The van der Waals surface area contributed by atoms with Crippen molar-refractivity contribution in [1.82, 2.24) is 4.90 Å². The van der Waals surface area contributed by atoms with Crippen LogP contribution in [0.1, 0.15) is 22.3 Å². The number of carboxylic acid groups (broad SMARTS) is 1. The minimum Gasteiger partial charge on any atom is -0.478 e. The van der Waals surface area contributed by atoms with Gasteiger partial charge in [0.15, 0.2) is 0 Å². The van der Waals surface area contributed by atoms with Crippen molar-refractivity contribution in [3.05, 3.63) is 29.3 Å². The number of benzene rings is 1. The average molecular weight is 266 g/mol. The van der Waals surface area contributed by atoms with Crippen molar-refractivity contribution in [2.75, 3.05) is 30.3 Å². The van der Waals surface area contributed by atoms with Crippen LogP contribution in [0, 0.1) is 0 Å². The molecule has 5 heteroatoms. The van der Waals surface area contributed by atoms with E-state index in [-0.39, 0.29) is 5.56 Å². The summed E-state index contributed by atoms with van der Waals surface area (Å²) in [5, 5.41) is 9.23. The van der Waals surface area contributed by atoms with Crippen LogP contribution in [0.2, 0.25) is 0 Å². The maximum absolute atomic E-state index is 11.2. The largest absolute Gasteiger partial charge is 0.478 e. The SMILES string of the molecule is Nc1cccc(CN2CCCSCC2)c1C(=O)O. The topological polar surface area (TPSA) is 66.6 Å². The van der Waals surface area contributed by atoms with Crippen LogP contribution in [0.3, 0.4) is 0 Å². The van der Waals surface area contributed by atoms with Gasteiger partial charge in [-0.3, -0.25) is 4.90 Å². The molecule has 0 saturated carbocycles. The van der Waals surface area contributed by atoms with Gasteiger partial charge in [0, 0.05) is 24.5 Å². The molecule has 0 radical (unpaired) electrons. The number of carboxylic acids is 1. The highest BCUT2D eigenvalue weighted by molar-refractivity contribution is 7.99. The fourth-order valence-corrected chi connectivity index (χ4v) is 3.13. The molecule has 0 aliphatic carbocycles. The average Bonchev–Trinajstić information content (AvgIpc) is 2.57. The molecular formula is C13H18N2O2S. The summed E-state index contributed by atoms with van der Waals surface area (Å²) >= 11 is 1.96. The van der Waals surface area contributed by atoms with Crippen molar-refractivity contribution in [3.63, 3.8) is 0 Å². The van der Waals surface area contributed by atoms with Crippen LogP contribution in [0.25, 0.3) is 0 Å². The summed E-state index contributed by atoms with van der Waals surface area (Å²) < 4.78 is 0. The van der Waals surface area contributed by atoms with E-state index in [1.807, 2.05) is 23.9 Å². The van der Waals surface area contributed by atoms with Crippen molar-refractivity contribution in [1.29, 1.82) is 0 Å². The van der Waals surface area contributed by atoms with E-state index in [1.54, 1.807) is 6.07 Å². The number of thioether (sulfide) groups is 1. The number of rotatable bonds is 3. The molecule has 1 saturated heterocycles. The number of nitrogen functional groups attached to an aromatic ring is 1. The van der Waals surface area contributed by atoms with Gasteiger partial charge >= 0.3 is 5.97 Å². The second-order valence-corrected chi connectivity index (χ2v) is 5.65. The monoisotopic (exact) mass is 266 g/mol. The number of hydrogen-bond acceptors (Lipinski definition) is 4. The highest BCUT2D eigenvalue weighted by Gasteiger charge is 2.17.